The Labute approximate surface area is 184 Å². The van der Waals surface area contributed by atoms with E-state index in [9.17, 15) is 9.59 Å². The van der Waals surface area contributed by atoms with Crippen molar-refractivity contribution < 1.29 is 0 Å². The maximum atomic E-state index is 13.3. The van der Waals surface area contributed by atoms with E-state index in [1.807, 2.05) is 6.07 Å². The molecule has 0 spiro atoms. The van der Waals surface area contributed by atoms with Gasteiger partial charge in [-0.2, -0.15) is 4.68 Å². The van der Waals surface area contributed by atoms with Gasteiger partial charge in [-0.3, -0.25) is 14.2 Å². The zero-order valence-electron chi connectivity index (χ0n) is 16.0. The molecule has 3 aromatic carbocycles. The van der Waals surface area contributed by atoms with Crippen molar-refractivity contribution in [1.29, 1.82) is 0 Å². The Morgan fingerprint density at radius 3 is 2.32 bits per heavy atom. The molecule has 0 radical (unpaired) electrons. The number of nitrogens with zero attached hydrogens (tertiary/aromatic N) is 5. The summed E-state index contributed by atoms with van der Waals surface area (Å²) >= 11 is 7.38. The van der Waals surface area contributed by atoms with E-state index in [4.69, 9.17) is 11.6 Å². The first-order chi connectivity index (χ1) is 15.1. The number of benzene rings is 3. The quantitative estimate of drug-likeness (QED) is 0.307. The lowest BCUT2D eigenvalue weighted by Gasteiger charge is -2.13. The largest absolute Gasteiger partial charge is 0.278 e. The third-order valence-corrected chi connectivity index (χ3v) is 5.90. The van der Waals surface area contributed by atoms with Crippen LogP contribution in [0.3, 0.4) is 0 Å². The highest BCUT2D eigenvalue weighted by molar-refractivity contribution is 7.98. The average molecular weight is 448 g/mol. The number of halogens is 1. The van der Waals surface area contributed by atoms with Crippen molar-refractivity contribution in [2.24, 2.45) is 0 Å². The average Bonchev–Trinajstić information content (AvgIpc) is 2.79. The molecule has 5 rings (SSSR count). The molecule has 0 amide bonds. The van der Waals surface area contributed by atoms with E-state index < -0.39 is 0 Å². The molecule has 0 saturated heterocycles. The van der Waals surface area contributed by atoms with Gasteiger partial charge in [0.05, 0.1) is 27.9 Å². The summed E-state index contributed by atoms with van der Waals surface area (Å²) < 4.78 is 2.76. The van der Waals surface area contributed by atoms with Crippen molar-refractivity contribution in [3.63, 3.8) is 0 Å². The summed E-state index contributed by atoms with van der Waals surface area (Å²) in [5.74, 6) is 0.141. The van der Waals surface area contributed by atoms with E-state index >= 15 is 0 Å². The highest BCUT2D eigenvalue weighted by atomic mass is 35.5. The second-order valence-corrected chi connectivity index (χ2v) is 8.07. The molecular weight excluding hydrogens is 434 g/mol. The predicted molar refractivity (Wildman–Crippen MR) is 122 cm³/mol. The Bertz CT molecular complexity index is 1560. The molecule has 31 heavy (non-hydrogen) atoms. The van der Waals surface area contributed by atoms with Gasteiger partial charge in [0, 0.05) is 5.02 Å². The molecule has 2 heterocycles. The van der Waals surface area contributed by atoms with Crippen LogP contribution in [0.5, 0.6) is 0 Å². The van der Waals surface area contributed by atoms with Gasteiger partial charge in [-0.25, -0.2) is 4.98 Å². The summed E-state index contributed by atoms with van der Waals surface area (Å²) in [6.45, 7) is 0. The molecule has 0 N–H and O–H groups in total. The van der Waals surface area contributed by atoms with Crippen LogP contribution in [0.1, 0.15) is 0 Å². The Morgan fingerprint density at radius 1 is 0.839 bits per heavy atom. The molecule has 0 unspecified atom stereocenters. The molecule has 5 aromatic rings. The lowest BCUT2D eigenvalue weighted by atomic mass is 10.2. The summed E-state index contributed by atoms with van der Waals surface area (Å²) in [4.78, 5) is 30.7. The number of para-hydroxylation sites is 1. The van der Waals surface area contributed by atoms with Crippen LogP contribution < -0.4 is 11.1 Å². The smallest absolute Gasteiger partial charge is 0.268 e. The molecular formula is C22H14ClN5O2S. The van der Waals surface area contributed by atoms with Crippen molar-refractivity contribution in [1.82, 2.24) is 24.5 Å². The normalized spacial score (nSPS) is 11.3. The van der Waals surface area contributed by atoms with Crippen molar-refractivity contribution in [3.05, 3.63) is 98.5 Å². The van der Waals surface area contributed by atoms with Crippen molar-refractivity contribution in [3.8, 4) is 5.69 Å². The minimum atomic E-state index is -0.254. The summed E-state index contributed by atoms with van der Waals surface area (Å²) in [6.07, 6.45) is 0. The van der Waals surface area contributed by atoms with E-state index in [0.717, 1.165) is 0 Å². The highest BCUT2D eigenvalue weighted by Gasteiger charge is 2.15. The fourth-order valence-corrected chi connectivity index (χ4v) is 4.35. The number of thioether (sulfide) groups is 1. The zero-order chi connectivity index (χ0) is 21.4. The Hall–Kier alpha value is -3.49. The van der Waals surface area contributed by atoms with Crippen molar-refractivity contribution >= 4 is 45.2 Å². The maximum absolute atomic E-state index is 13.3. The van der Waals surface area contributed by atoms with E-state index in [1.54, 1.807) is 66.7 Å². The van der Waals surface area contributed by atoms with E-state index in [0.29, 0.717) is 37.7 Å². The minimum absolute atomic E-state index is 0.141. The number of rotatable bonds is 4. The van der Waals surface area contributed by atoms with E-state index in [-0.39, 0.29) is 17.0 Å². The van der Waals surface area contributed by atoms with Gasteiger partial charge < -0.3 is 0 Å². The van der Waals surface area contributed by atoms with Gasteiger partial charge in [-0.05, 0) is 42.5 Å². The topological polar surface area (TPSA) is 82.7 Å². The van der Waals surface area contributed by atoms with Crippen LogP contribution in [-0.2, 0) is 5.88 Å². The van der Waals surface area contributed by atoms with E-state index in [2.05, 4.69) is 15.3 Å². The summed E-state index contributed by atoms with van der Waals surface area (Å²) in [6, 6.07) is 21.2. The SMILES string of the molecule is O=c1c2ccccc2nnn1CSc1nc2ccccc2c(=O)n1-c1cccc(Cl)c1. The third kappa shape index (κ3) is 3.60. The van der Waals surface area contributed by atoms with Crippen molar-refractivity contribution in [2.75, 3.05) is 0 Å². The molecule has 0 aliphatic rings. The number of hydrogen-bond acceptors (Lipinski definition) is 6. The molecule has 0 fully saturated rings. The van der Waals surface area contributed by atoms with Crippen LogP contribution in [0.4, 0.5) is 0 Å². The lowest BCUT2D eigenvalue weighted by Crippen LogP contribution is -2.25. The first-order valence-corrected chi connectivity index (χ1v) is 10.7. The first-order valence-electron chi connectivity index (χ1n) is 9.35. The molecule has 2 aromatic heterocycles. The van der Waals surface area contributed by atoms with Crippen LogP contribution in [0.25, 0.3) is 27.5 Å². The number of hydrogen-bond donors (Lipinski definition) is 0. The van der Waals surface area contributed by atoms with Crippen LogP contribution in [0.15, 0.2) is 87.5 Å². The Kier molecular flexibility index (Phi) is 5.01. The molecule has 0 saturated carbocycles. The molecule has 7 nitrogen and oxygen atoms in total. The van der Waals surface area contributed by atoms with Gasteiger partial charge in [0.15, 0.2) is 5.16 Å². The summed E-state index contributed by atoms with van der Waals surface area (Å²) in [7, 11) is 0. The fourth-order valence-electron chi connectivity index (χ4n) is 3.28. The molecule has 0 atom stereocenters. The Morgan fingerprint density at radius 2 is 1.55 bits per heavy atom. The molecule has 9 heteroatoms. The van der Waals surface area contributed by atoms with E-state index in [1.165, 1.54) is 21.0 Å². The van der Waals surface area contributed by atoms with Crippen LogP contribution in [-0.4, -0.2) is 24.5 Å². The fraction of sp³-hybridized carbons (Fsp3) is 0.0455. The summed E-state index contributed by atoms with van der Waals surface area (Å²) in [5, 5.41) is 10.0. The Balaban J connectivity index is 1.63. The third-order valence-electron chi connectivity index (χ3n) is 4.76. The summed E-state index contributed by atoms with van der Waals surface area (Å²) in [5.41, 5.74) is 1.23. The number of fused-ring (bicyclic) bond motifs is 2. The molecule has 0 aliphatic carbocycles. The number of aromatic nitrogens is 5. The first kappa shape index (κ1) is 19.5. The van der Waals surface area contributed by atoms with Gasteiger partial charge in [0.2, 0.25) is 0 Å². The lowest BCUT2D eigenvalue weighted by molar-refractivity contribution is 0.642. The van der Waals surface area contributed by atoms with Gasteiger partial charge in [-0.1, -0.05) is 58.9 Å². The molecule has 152 valence electrons. The predicted octanol–water partition coefficient (Wildman–Crippen LogP) is 3.89. The van der Waals surface area contributed by atoms with Gasteiger partial charge in [-0.15, -0.1) is 5.10 Å². The second kappa shape index (κ2) is 7.98. The van der Waals surface area contributed by atoms with Crippen LogP contribution in [0.2, 0.25) is 5.02 Å². The van der Waals surface area contributed by atoms with Gasteiger partial charge in [0.1, 0.15) is 5.52 Å². The zero-order valence-corrected chi connectivity index (χ0v) is 17.5. The van der Waals surface area contributed by atoms with Gasteiger partial charge >= 0.3 is 0 Å². The van der Waals surface area contributed by atoms with Crippen molar-refractivity contribution in [2.45, 2.75) is 11.0 Å². The monoisotopic (exact) mass is 447 g/mol. The second-order valence-electron chi connectivity index (χ2n) is 6.72. The minimum Gasteiger partial charge on any atom is -0.268 e. The maximum Gasteiger partial charge on any atom is 0.278 e. The highest BCUT2D eigenvalue weighted by Crippen LogP contribution is 2.23. The standard InChI is InChI=1S/C22H14ClN5O2S/c23-14-6-5-7-15(12-14)28-21(30)16-8-1-3-10-18(16)24-22(28)31-13-27-20(29)17-9-2-4-11-19(17)25-26-27/h1-12H,13H2. The molecule has 0 aliphatic heterocycles. The van der Waals surface area contributed by atoms with Crippen LogP contribution >= 0.6 is 23.4 Å². The van der Waals surface area contributed by atoms with Crippen LogP contribution in [0, 0.1) is 0 Å². The molecule has 0 bridgehead atoms. The van der Waals surface area contributed by atoms with Gasteiger partial charge in [0.25, 0.3) is 11.1 Å².